The molecule has 0 aliphatic heterocycles. The van der Waals surface area contributed by atoms with Crippen LogP contribution in [0.25, 0.3) is 0 Å². The van der Waals surface area contributed by atoms with E-state index in [1.807, 2.05) is 6.92 Å². The maximum absolute atomic E-state index is 10.8. The highest BCUT2D eigenvalue weighted by Crippen LogP contribution is 2.35. The van der Waals surface area contributed by atoms with Crippen LogP contribution >= 0.6 is 11.6 Å². The second-order valence-electron chi connectivity index (χ2n) is 4.33. The second-order valence-corrected chi connectivity index (χ2v) is 4.89. The normalized spacial score (nSPS) is 25.7. The maximum Gasteiger partial charge on any atom is 0.406 e. The van der Waals surface area contributed by atoms with E-state index in [2.05, 4.69) is 4.98 Å². The van der Waals surface area contributed by atoms with Crippen LogP contribution in [0.1, 0.15) is 19.8 Å². The molecule has 1 aliphatic rings. The van der Waals surface area contributed by atoms with E-state index in [1.54, 1.807) is 6.07 Å². The van der Waals surface area contributed by atoms with E-state index in [9.17, 15) is 10.1 Å². The van der Waals surface area contributed by atoms with Gasteiger partial charge in [-0.25, -0.2) is 0 Å². The lowest BCUT2D eigenvalue weighted by atomic mass is 9.91. The van der Waals surface area contributed by atoms with Gasteiger partial charge in [-0.2, -0.15) is 0 Å². The summed E-state index contributed by atoms with van der Waals surface area (Å²) in [6, 6.07) is 3.13. The first-order valence-electron chi connectivity index (χ1n) is 6.15. The third kappa shape index (κ3) is 3.13. The summed E-state index contributed by atoms with van der Waals surface area (Å²) in [6.07, 6.45) is 2.39. The fourth-order valence-corrected chi connectivity index (χ4v) is 2.29. The van der Waals surface area contributed by atoms with Crippen LogP contribution in [0.5, 0.6) is 5.75 Å². The number of nitro groups is 1. The van der Waals surface area contributed by atoms with Crippen LogP contribution in [0.15, 0.2) is 18.3 Å². The number of aromatic nitrogens is 1. The van der Waals surface area contributed by atoms with Gasteiger partial charge in [-0.05, 0) is 28.5 Å². The van der Waals surface area contributed by atoms with Crippen molar-refractivity contribution in [3.8, 4) is 5.75 Å². The molecule has 0 spiro atoms. The van der Waals surface area contributed by atoms with E-state index >= 15 is 0 Å². The minimum atomic E-state index is -0.561. The molecule has 0 bridgehead atoms. The lowest BCUT2D eigenvalue weighted by Gasteiger charge is -2.40. The van der Waals surface area contributed by atoms with Gasteiger partial charge in [0, 0.05) is 13.0 Å². The SMILES string of the molecule is CCCOC1C(Cl)CC1Oc1cccnc1[N+](=O)[O-]. The Morgan fingerprint density at radius 3 is 3.05 bits per heavy atom. The van der Waals surface area contributed by atoms with Crippen LogP contribution in [-0.2, 0) is 4.74 Å². The molecular formula is C12H15ClN2O4. The fourth-order valence-electron chi connectivity index (χ4n) is 1.88. The molecule has 1 aliphatic carbocycles. The molecule has 3 unspecified atom stereocenters. The van der Waals surface area contributed by atoms with E-state index in [0.717, 1.165) is 6.42 Å². The summed E-state index contributed by atoms with van der Waals surface area (Å²) in [6.45, 7) is 2.60. The van der Waals surface area contributed by atoms with Crippen LogP contribution in [0.3, 0.4) is 0 Å². The van der Waals surface area contributed by atoms with Crippen LogP contribution in [0.2, 0.25) is 0 Å². The number of hydrogen-bond acceptors (Lipinski definition) is 5. The van der Waals surface area contributed by atoms with Gasteiger partial charge >= 0.3 is 5.82 Å². The smallest absolute Gasteiger partial charge is 0.406 e. The van der Waals surface area contributed by atoms with Gasteiger partial charge in [-0.15, -0.1) is 11.6 Å². The predicted octanol–water partition coefficient (Wildman–Crippen LogP) is 2.54. The Balaban J connectivity index is 2.03. The molecule has 1 aromatic heterocycles. The van der Waals surface area contributed by atoms with E-state index in [1.165, 1.54) is 12.3 Å². The van der Waals surface area contributed by atoms with Crippen LogP contribution in [0, 0.1) is 10.1 Å². The number of rotatable bonds is 6. The van der Waals surface area contributed by atoms with Gasteiger partial charge in [-0.3, -0.25) is 0 Å². The van der Waals surface area contributed by atoms with Crippen molar-refractivity contribution in [1.29, 1.82) is 0 Å². The topological polar surface area (TPSA) is 74.5 Å². The van der Waals surface area contributed by atoms with Gasteiger partial charge in [0.15, 0.2) is 0 Å². The van der Waals surface area contributed by atoms with Crippen molar-refractivity contribution >= 4 is 17.4 Å². The number of ether oxygens (including phenoxy) is 2. The van der Waals surface area contributed by atoms with E-state index in [4.69, 9.17) is 21.1 Å². The number of hydrogen-bond donors (Lipinski definition) is 0. The zero-order chi connectivity index (χ0) is 13.8. The summed E-state index contributed by atoms with van der Waals surface area (Å²) in [5, 5.41) is 10.7. The molecule has 7 heteroatoms. The molecule has 1 heterocycles. The fraction of sp³-hybridized carbons (Fsp3) is 0.583. The molecule has 6 nitrogen and oxygen atoms in total. The monoisotopic (exact) mass is 286 g/mol. The van der Waals surface area contributed by atoms with Crippen molar-refractivity contribution in [2.45, 2.75) is 37.4 Å². The van der Waals surface area contributed by atoms with Gasteiger partial charge in [0.2, 0.25) is 5.75 Å². The Bertz CT molecular complexity index is 457. The van der Waals surface area contributed by atoms with Gasteiger partial charge in [-0.1, -0.05) is 6.92 Å². The van der Waals surface area contributed by atoms with Gasteiger partial charge in [0.25, 0.3) is 0 Å². The highest BCUT2D eigenvalue weighted by Gasteiger charge is 2.43. The summed E-state index contributed by atoms with van der Waals surface area (Å²) in [5.74, 6) is -0.124. The van der Waals surface area contributed by atoms with Crippen molar-refractivity contribution in [3.63, 3.8) is 0 Å². The highest BCUT2D eigenvalue weighted by molar-refractivity contribution is 6.21. The van der Waals surface area contributed by atoms with Crippen LogP contribution in [0.4, 0.5) is 5.82 Å². The first kappa shape index (κ1) is 14.0. The first-order chi connectivity index (χ1) is 9.13. The van der Waals surface area contributed by atoms with Crippen molar-refractivity contribution in [1.82, 2.24) is 4.98 Å². The third-order valence-corrected chi connectivity index (χ3v) is 3.32. The summed E-state index contributed by atoms with van der Waals surface area (Å²) >= 11 is 6.06. The van der Waals surface area contributed by atoms with Crippen LogP contribution < -0.4 is 4.74 Å². The Hall–Kier alpha value is -1.40. The zero-order valence-corrected chi connectivity index (χ0v) is 11.2. The minimum absolute atomic E-state index is 0.104. The third-order valence-electron chi connectivity index (χ3n) is 2.90. The van der Waals surface area contributed by atoms with Crippen molar-refractivity contribution in [2.75, 3.05) is 6.61 Å². The van der Waals surface area contributed by atoms with Gasteiger partial charge in [0.1, 0.15) is 18.4 Å². The molecule has 3 atom stereocenters. The molecule has 1 saturated carbocycles. The molecule has 19 heavy (non-hydrogen) atoms. The van der Waals surface area contributed by atoms with E-state index < -0.39 is 4.92 Å². The zero-order valence-electron chi connectivity index (χ0n) is 10.5. The standard InChI is InChI=1S/C12H15ClN2O4/c1-2-6-18-11-8(13)7-10(11)19-9-4-3-5-14-12(9)15(16)17/h3-5,8,10-11H,2,6-7H2,1H3. The molecule has 2 rings (SSSR count). The van der Waals surface area contributed by atoms with Crippen molar-refractivity contribution in [2.24, 2.45) is 0 Å². The summed E-state index contributed by atoms with van der Waals surface area (Å²) in [7, 11) is 0. The molecule has 104 valence electrons. The van der Waals surface area contributed by atoms with E-state index in [-0.39, 0.29) is 29.2 Å². The number of nitrogens with zero attached hydrogens (tertiary/aromatic N) is 2. The molecule has 0 saturated heterocycles. The molecule has 0 aromatic carbocycles. The van der Waals surface area contributed by atoms with Crippen molar-refractivity contribution in [3.05, 3.63) is 28.4 Å². The lowest BCUT2D eigenvalue weighted by molar-refractivity contribution is -0.391. The number of halogens is 1. The number of alkyl halides is 1. The Kier molecular flexibility index (Phi) is 4.55. The summed E-state index contributed by atoms with van der Waals surface area (Å²) in [4.78, 5) is 14.0. The van der Waals surface area contributed by atoms with Crippen molar-refractivity contribution < 1.29 is 14.4 Å². The molecule has 0 N–H and O–H groups in total. The molecule has 0 amide bonds. The summed E-state index contributed by atoms with van der Waals surface area (Å²) in [5.41, 5.74) is 0. The molecular weight excluding hydrogens is 272 g/mol. The Morgan fingerprint density at radius 1 is 1.63 bits per heavy atom. The molecule has 1 fully saturated rings. The van der Waals surface area contributed by atoms with Gasteiger partial charge in [0.05, 0.1) is 5.38 Å². The quantitative estimate of drug-likeness (QED) is 0.456. The Labute approximate surface area is 115 Å². The Morgan fingerprint density at radius 2 is 2.42 bits per heavy atom. The second kappa shape index (κ2) is 6.16. The number of pyridine rings is 1. The molecule has 0 radical (unpaired) electrons. The maximum atomic E-state index is 10.8. The van der Waals surface area contributed by atoms with Crippen LogP contribution in [-0.4, -0.2) is 34.1 Å². The lowest BCUT2D eigenvalue weighted by Crippen LogP contribution is -2.52. The summed E-state index contributed by atoms with van der Waals surface area (Å²) < 4.78 is 11.2. The predicted molar refractivity (Wildman–Crippen MR) is 69.6 cm³/mol. The highest BCUT2D eigenvalue weighted by atomic mass is 35.5. The molecule has 1 aromatic rings. The average Bonchev–Trinajstić information content (AvgIpc) is 2.39. The van der Waals surface area contributed by atoms with E-state index in [0.29, 0.717) is 13.0 Å². The first-order valence-corrected chi connectivity index (χ1v) is 6.59. The minimum Gasteiger partial charge on any atom is -0.479 e. The largest absolute Gasteiger partial charge is 0.479 e. The van der Waals surface area contributed by atoms with Gasteiger partial charge < -0.3 is 19.6 Å². The average molecular weight is 287 g/mol.